The van der Waals surface area contributed by atoms with Crippen molar-refractivity contribution in [1.82, 2.24) is 5.32 Å². The van der Waals surface area contributed by atoms with Crippen LogP contribution in [0.4, 0.5) is 0 Å². The lowest BCUT2D eigenvalue weighted by molar-refractivity contribution is -0.146. The molecule has 5 heteroatoms. The number of rotatable bonds is 7. The molecule has 2 N–H and O–H groups in total. The quantitative estimate of drug-likeness (QED) is 0.616. The summed E-state index contributed by atoms with van der Waals surface area (Å²) in [6, 6.07) is 0. The highest BCUT2D eigenvalue weighted by molar-refractivity contribution is 5.79. The highest BCUT2D eigenvalue weighted by Crippen LogP contribution is 2.11. The molecular weight excluding hydrogens is 198 g/mol. The minimum Gasteiger partial charge on any atom is -0.480 e. The fourth-order valence-corrected chi connectivity index (χ4v) is 1.25. The van der Waals surface area contributed by atoms with Gasteiger partial charge in [0.15, 0.2) is 0 Å². The third-order valence-corrected chi connectivity index (χ3v) is 2.15. The fraction of sp³-hybridized carbons (Fsp3) is 0.800. The van der Waals surface area contributed by atoms with Crippen LogP contribution in [0.25, 0.3) is 0 Å². The molecule has 0 radical (unpaired) electrons. The Balaban J connectivity index is 4.18. The number of nitrogens with one attached hydrogen (secondary N) is 1. The maximum atomic E-state index is 11.0. The predicted octanol–water partition coefficient (Wildman–Crippen LogP) is 0.782. The molecule has 0 aliphatic carbocycles. The zero-order chi connectivity index (χ0) is 11.9. The highest BCUT2D eigenvalue weighted by Gasteiger charge is 2.32. The van der Waals surface area contributed by atoms with E-state index in [0.29, 0.717) is 13.0 Å². The molecule has 0 fully saturated rings. The van der Waals surface area contributed by atoms with Gasteiger partial charge in [0.25, 0.3) is 0 Å². The van der Waals surface area contributed by atoms with Crippen molar-refractivity contribution in [3.05, 3.63) is 0 Å². The van der Waals surface area contributed by atoms with Gasteiger partial charge >= 0.3 is 11.9 Å². The normalized spacial score (nSPS) is 14.3. The maximum absolute atomic E-state index is 11.0. The van der Waals surface area contributed by atoms with E-state index in [-0.39, 0.29) is 6.54 Å². The first-order valence-corrected chi connectivity index (χ1v) is 5.10. The van der Waals surface area contributed by atoms with Crippen molar-refractivity contribution >= 4 is 11.9 Å². The molecule has 0 amide bonds. The first kappa shape index (κ1) is 13.9. The van der Waals surface area contributed by atoms with Gasteiger partial charge in [-0.3, -0.25) is 14.9 Å². The Hall–Kier alpha value is -1.10. The third-order valence-electron chi connectivity index (χ3n) is 2.15. The Labute approximate surface area is 89.8 Å². The summed E-state index contributed by atoms with van der Waals surface area (Å²) in [6.07, 6.45) is 1.21. The lowest BCUT2D eigenvalue weighted by Crippen LogP contribution is -2.51. The molecule has 0 aromatic heterocycles. The number of carbonyl (C=O) groups is 2. The van der Waals surface area contributed by atoms with E-state index in [1.807, 2.05) is 6.92 Å². The molecule has 0 saturated carbocycles. The molecule has 0 rings (SSSR count). The number of carboxylic acids is 1. The van der Waals surface area contributed by atoms with E-state index >= 15 is 0 Å². The van der Waals surface area contributed by atoms with Crippen LogP contribution in [0.5, 0.6) is 0 Å². The molecule has 5 nitrogen and oxygen atoms in total. The van der Waals surface area contributed by atoms with Crippen molar-refractivity contribution in [1.29, 1.82) is 0 Å². The molecular formula is C10H19NO4. The molecule has 1 unspecified atom stereocenters. The summed E-state index contributed by atoms with van der Waals surface area (Å²) in [5, 5.41) is 11.7. The van der Waals surface area contributed by atoms with Crippen molar-refractivity contribution in [2.75, 3.05) is 13.2 Å². The zero-order valence-electron chi connectivity index (χ0n) is 9.50. The largest absolute Gasteiger partial charge is 0.480 e. The Bertz CT molecular complexity index is 229. The SMILES string of the molecule is CCCC(C)(NCC(=O)OCC)C(=O)O. The van der Waals surface area contributed by atoms with Crippen molar-refractivity contribution in [2.24, 2.45) is 0 Å². The van der Waals surface area contributed by atoms with Crippen molar-refractivity contribution in [2.45, 2.75) is 39.2 Å². The van der Waals surface area contributed by atoms with Gasteiger partial charge in [-0.2, -0.15) is 0 Å². The number of ether oxygens (including phenoxy) is 1. The summed E-state index contributed by atoms with van der Waals surface area (Å²) in [5.41, 5.74) is -1.05. The molecule has 0 spiro atoms. The number of hydrogen-bond donors (Lipinski definition) is 2. The van der Waals surface area contributed by atoms with Gasteiger partial charge in [-0.15, -0.1) is 0 Å². The van der Waals surface area contributed by atoms with Gasteiger partial charge in [-0.25, -0.2) is 0 Å². The van der Waals surface area contributed by atoms with Crippen LogP contribution in [0.2, 0.25) is 0 Å². The monoisotopic (exact) mass is 217 g/mol. The van der Waals surface area contributed by atoms with Crippen LogP contribution < -0.4 is 5.32 Å². The Morgan fingerprint density at radius 2 is 2.00 bits per heavy atom. The van der Waals surface area contributed by atoms with Crippen LogP contribution in [0.1, 0.15) is 33.6 Å². The van der Waals surface area contributed by atoms with Gasteiger partial charge in [-0.1, -0.05) is 13.3 Å². The molecule has 88 valence electrons. The van der Waals surface area contributed by atoms with E-state index < -0.39 is 17.5 Å². The van der Waals surface area contributed by atoms with E-state index in [0.717, 1.165) is 6.42 Å². The summed E-state index contributed by atoms with van der Waals surface area (Å²) >= 11 is 0. The summed E-state index contributed by atoms with van der Waals surface area (Å²) in [7, 11) is 0. The summed E-state index contributed by atoms with van der Waals surface area (Å²) in [4.78, 5) is 22.0. The van der Waals surface area contributed by atoms with E-state index in [2.05, 4.69) is 5.32 Å². The molecule has 0 aliphatic rings. The predicted molar refractivity (Wildman–Crippen MR) is 55.6 cm³/mol. The van der Waals surface area contributed by atoms with Crippen molar-refractivity contribution < 1.29 is 19.4 Å². The topological polar surface area (TPSA) is 75.6 Å². The van der Waals surface area contributed by atoms with E-state index in [1.165, 1.54) is 0 Å². The van der Waals surface area contributed by atoms with Gasteiger partial charge in [0, 0.05) is 0 Å². The highest BCUT2D eigenvalue weighted by atomic mass is 16.5. The van der Waals surface area contributed by atoms with Gasteiger partial charge in [0.2, 0.25) is 0 Å². The maximum Gasteiger partial charge on any atom is 0.323 e. The van der Waals surface area contributed by atoms with Gasteiger partial charge in [0.05, 0.1) is 13.2 Å². The van der Waals surface area contributed by atoms with Crippen LogP contribution in [-0.2, 0) is 14.3 Å². The van der Waals surface area contributed by atoms with Crippen LogP contribution in [-0.4, -0.2) is 35.7 Å². The lowest BCUT2D eigenvalue weighted by Gasteiger charge is -2.25. The van der Waals surface area contributed by atoms with Gasteiger partial charge in [0.1, 0.15) is 5.54 Å². The summed E-state index contributed by atoms with van der Waals surface area (Å²) < 4.78 is 4.70. The number of aliphatic carboxylic acids is 1. The average molecular weight is 217 g/mol. The molecule has 0 heterocycles. The molecule has 1 atom stereocenters. The summed E-state index contributed by atoms with van der Waals surface area (Å²) in [5.74, 6) is -1.38. The first-order valence-electron chi connectivity index (χ1n) is 5.10. The first-order chi connectivity index (χ1) is 6.96. The van der Waals surface area contributed by atoms with Crippen LogP contribution in [0.3, 0.4) is 0 Å². The Morgan fingerprint density at radius 1 is 1.40 bits per heavy atom. The van der Waals surface area contributed by atoms with E-state index in [4.69, 9.17) is 9.84 Å². The second kappa shape index (κ2) is 6.40. The standard InChI is InChI=1S/C10H19NO4/c1-4-6-10(3,9(13)14)11-7-8(12)15-5-2/h11H,4-7H2,1-3H3,(H,13,14). The minimum atomic E-state index is -1.05. The number of hydrogen-bond acceptors (Lipinski definition) is 4. The second-order valence-electron chi connectivity index (χ2n) is 3.55. The molecule has 0 bridgehead atoms. The second-order valence-corrected chi connectivity index (χ2v) is 3.55. The number of carbonyl (C=O) groups excluding carboxylic acids is 1. The number of esters is 1. The third kappa shape index (κ3) is 4.78. The number of carboxylic acid groups (broad SMARTS) is 1. The smallest absolute Gasteiger partial charge is 0.323 e. The van der Waals surface area contributed by atoms with Crippen LogP contribution in [0.15, 0.2) is 0 Å². The van der Waals surface area contributed by atoms with Crippen LogP contribution >= 0.6 is 0 Å². The van der Waals surface area contributed by atoms with Gasteiger partial charge < -0.3 is 9.84 Å². The summed E-state index contributed by atoms with van der Waals surface area (Å²) in [6.45, 7) is 5.40. The zero-order valence-corrected chi connectivity index (χ0v) is 9.50. The fourth-order valence-electron chi connectivity index (χ4n) is 1.25. The van der Waals surface area contributed by atoms with E-state index in [1.54, 1.807) is 13.8 Å². The molecule has 0 aromatic rings. The van der Waals surface area contributed by atoms with Crippen molar-refractivity contribution in [3.8, 4) is 0 Å². The molecule has 0 aliphatic heterocycles. The average Bonchev–Trinajstić information content (AvgIpc) is 2.15. The molecule has 0 aromatic carbocycles. The minimum absolute atomic E-state index is 0.0728. The van der Waals surface area contributed by atoms with Crippen molar-refractivity contribution in [3.63, 3.8) is 0 Å². The van der Waals surface area contributed by atoms with E-state index in [9.17, 15) is 9.59 Å². The lowest BCUT2D eigenvalue weighted by atomic mass is 9.96. The van der Waals surface area contributed by atoms with Gasteiger partial charge in [-0.05, 0) is 20.3 Å². The molecule has 0 saturated heterocycles. The Kier molecular flexibility index (Phi) is 5.93. The Morgan fingerprint density at radius 3 is 2.40 bits per heavy atom. The van der Waals surface area contributed by atoms with Crippen LogP contribution in [0, 0.1) is 0 Å². The molecule has 15 heavy (non-hydrogen) atoms.